The Bertz CT molecular complexity index is 441. The molecule has 1 heterocycles. The molecule has 0 amide bonds. The minimum atomic E-state index is 0.112. The standard InChI is InChI=1S/C8H5ClO2S/c1-4-2-3-5(9)7-6(4)10-8(12)11-7/h2-3H,1H3. The fraction of sp³-hybridized carbons (Fsp3) is 0.125. The van der Waals surface area contributed by atoms with E-state index in [0.717, 1.165) is 5.56 Å². The Labute approximate surface area is 78.7 Å². The second kappa shape index (κ2) is 2.61. The van der Waals surface area contributed by atoms with Gasteiger partial charge >= 0.3 is 4.90 Å². The Balaban J connectivity index is 3.03. The summed E-state index contributed by atoms with van der Waals surface area (Å²) in [6.07, 6.45) is 0. The molecule has 0 atom stereocenters. The van der Waals surface area contributed by atoms with Crippen LogP contribution >= 0.6 is 23.8 Å². The zero-order chi connectivity index (χ0) is 8.72. The van der Waals surface area contributed by atoms with Crippen molar-refractivity contribution in [2.45, 2.75) is 6.92 Å². The molecule has 0 N–H and O–H groups in total. The first-order valence-electron chi connectivity index (χ1n) is 3.37. The van der Waals surface area contributed by atoms with Gasteiger partial charge in [-0.1, -0.05) is 17.7 Å². The van der Waals surface area contributed by atoms with Crippen LogP contribution in [0.3, 0.4) is 0 Å². The summed E-state index contributed by atoms with van der Waals surface area (Å²) in [5, 5.41) is 0.524. The average Bonchev–Trinajstić information content (AvgIpc) is 2.41. The van der Waals surface area contributed by atoms with Gasteiger partial charge in [0.15, 0.2) is 11.2 Å². The molecule has 0 unspecified atom stereocenters. The van der Waals surface area contributed by atoms with Crippen molar-refractivity contribution in [2.24, 2.45) is 0 Å². The minimum absolute atomic E-state index is 0.112. The minimum Gasteiger partial charge on any atom is -0.413 e. The number of rotatable bonds is 0. The molecule has 0 saturated heterocycles. The lowest BCUT2D eigenvalue weighted by Gasteiger charge is -1.92. The van der Waals surface area contributed by atoms with E-state index in [1.807, 2.05) is 13.0 Å². The number of fused-ring (bicyclic) bond motifs is 1. The van der Waals surface area contributed by atoms with Crippen LogP contribution in [0.4, 0.5) is 0 Å². The van der Waals surface area contributed by atoms with Gasteiger partial charge in [-0.05, 0) is 18.6 Å². The largest absolute Gasteiger partial charge is 0.413 e. The van der Waals surface area contributed by atoms with Crippen LogP contribution in [0.1, 0.15) is 5.56 Å². The van der Waals surface area contributed by atoms with Gasteiger partial charge in [-0.15, -0.1) is 0 Å². The summed E-state index contributed by atoms with van der Waals surface area (Å²) < 4.78 is 10.2. The van der Waals surface area contributed by atoms with Crippen molar-refractivity contribution in [3.63, 3.8) is 0 Å². The van der Waals surface area contributed by atoms with Crippen molar-refractivity contribution in [1.29, 1.82) is 0 Å². The van der Waals surface area contributed by atoms with E-state index < -0.39 is 0 Å². The van der Waals surface area contributed by atoms with Crippen LogP contribution in [0.2, 0.25) is 5.02 Å². The third-order valence-corrected chi connectivity index (χ3v) is 2.10. The highest BCUT2D eigenvalue weighted by atomic mass is 35.5. The van der Waals surface area contributed by atoms with Gasteiger partial charge in [-0.2, -0.15) is 0 Å². The Hall–Kier alpha value is -0.800. The number of halogens is 1. The van der Waals surface area contributed by atoms with Crippen molar-refractivity contribution < 1.29 is 8.83 Å². The van der Waals surface area contributed by atoms with Crippen LogP contribution in [0.5, 0.6) is 0 Å². The number of aryl methyl sites for hydroxylation is 1. The van der Waals surface area contributed by atoms with Gasteiger partial charge in [0.2, 0.25) is 0 Å². The van der Waals surface area contributed by atoms with Gasteiger partial charge in [0, 0.05) is 12.2 Å². The summed E-state index contributed by atoms with van der Waals surface area (Å²) in [6, 6.07) is 3.62. The van der Waals surface area contributed by atoms with Gasteiger partial charge in [-0.25, -0.2) is 0 Å². The molecule has 0 aliphatic rings. The predicted molar refractivity (Wildman–Crippen MR) is 49.1 cm³/mol. The first kappa shape index (κ1) is 7.83. The molecule has 62 valence electrons. The normalized spacial score (nSPS) is 10.8. The molecule has 0 fully saturated rings. The highest BCUT2D eigenvalue weighted by molar-refractivity contribution is 7.71. The van der Waals surface area contributed by atoms with Crippen molar-refractivity contribution in [3.8, 4) is 0 Å². The molecule has 0 aliphatic carbocycles. The maximum Gasteiger partial charge on any atom is 0.363 e. The SMILES string of the molecule is Cc1ccc(Cl)c2oc(=S)oc12. The third-order valence-electron chi connectivity index (χ3n) is 1.63. The van der Waals surface area contributed by atoms with Crippen molar-refractivity contribution >= 4 is 35.0 Å². The lowest BCUT2D eigenvalue weighted by atomic mass is 10.2. The second-order valence-electron chi connectivity index (χ2n) is 2.48. The monoisotopic (exact) mass is 200 g/mol. The molecule has 2 nitrogen and oxygen atoms in total. The first-order valence-corrected chi connectivity index (χ1v) is 4.16. The molecule has 2 aromatic rings. The fourth-order valence-electron chi connectivity index (χ4n) is 1.05. The molecular weight excluding hydrogens is 196 g/mol. The van der Waals surface area contributed by atoms with Gasteiger partial charge in [0.25, 0.3) is 0 Å². The van der Waals surface area contributed by atoms with Crippen LogP contribution in [0.15, 0.2) is 21.0 Å². The molecule has 0 spiro atoms. The zero-order valence-electron chi connectivity index (χ0n) is 6.26. The van der Waals surface area contributed by atoms with Gasteiger partial charge in [0.1, 0.15) is 0 Å². The molecule has 0 bridgehead atoms. The Morgan fingerprint density at radius 2 is 1.92 bits per heavy atom. The quantitative estimate of drug-likeness (QED) is 0.607. The first-order chi connectivity index (χ1) is 5.68. The van der Waals surface area contributed by atoms with Gasteiger partial charge in [0.05, 0.1) is 5.02 Å². The maximum atomic E-state index is 5.84. The molecule has 12 heavy (non-hydrogen) atoms. The summed E-state index contributed by atoms with van der Waals surface area (Å²) in [4.78, 5) is 0.112. The van der Waals surface area contributed by atoms with Gasteiger partial charge < -0.3 is 8.83 Å². The molecular formula is C8H5ClO2S. The van der Waals surface area contributed by atoms with Gasteiger partial charge in [-0.3, -0.25) is 0 Å². The Kier molecular flexibility index (Phi) is 1.70. The highest BCUT2D eigenvalue weighted by Gasteiger charge is 2.07. The summed E-state index contributed by atoms with van der Waals surface area (Å²) >= 11 is 10.6. The van der Waals surface area contributed by atoms with Crippen molar-refractivity contribution in [1.82, 2.24) is 0 Å². The smallest absolute Gasteiger partial charge is 0.363 e. The van der Waals surface area contributed by atoms with Crippen LogP contribution in [0, 0.1) is 11.8 Å². The second-order valence-corrected chi connectivity index (χ2v) is 3.22. The van der Waals surface area contributed by atoms with E-state index in [0.29, 0.717) is 16.2 Å². The van der Waals surface area contributed by atoms with E-state index in [-0.39, 0.29) is 4.90 Å². The number of hydrogen-bond donors (Lipinski definition) is 0. The average molecular weight is 201 g/mol. The molecule has 0 aliphatic heterocycles. The lowest BCUT2D eigenvalue weighted by Crippen LogP contribution is -1.72. The summed E-state index contributed by atoms with van der Waals surface area (Å²) in [6.45, 7) is 1.91. The Morgan fingerprint density at radius 1 is 1.25 bits per heavy atom. The summed E-state index contributed by atoms with van der Waals surface area (Å²) in [7, 11) is 0. The van der Waals surface area contributed by atoms with E-state index in [2.05, 4.69) is 0 Å². The number of benzene rings is 1. The molecule has 1 aromatic carbocycles. The van der Waals surface area contributed by atoms with Crippen LogP contribution in [-0.2, 0) is 0 Å². The molecule has 0 radical (unpaired) electrons. The third kappa shape index (κ3) is 1.06. The van der Waals surface area contributed by atoms with E-state index in [4.69, 9.17) is 32.7 Å². The highest BCUT2D eigenvalue weighted by Crippen LogP contribution is 2.27. The Morgan fingerprint density at radius 3 is 2.58 bits per heavy atom. The fourth-order valence-corrected chi connectivity index (χ4v) is 1.40. The van der Waals surface area contributed by atoms with Crippen molar-refractivity contribution in [3.05, 3.63) is 27.6 Å². The molecule has 2 rings (SSSR count). The summed E-state index contributed by atoms with van der Waals surface area (Å²) in [5.74, 6) is 0. The van der Waals surface area contributed by atoms with E-state index in [1.54, 1.807) is 6.07 Å². The predicted octanol–water partition coefficient (Wildman–Crippen LogP) is 3.72. The van der Waals surface area contributed by atoms with Crippen LogP contribution in [0.25, 0.3) is 11.2 Å². The number of hydrogen-bond acceptors (Lipinski definition) is 3. The van der Waals surface area contributed by atoms with Crippen molar-refractivity contribution in [2.75, 3.05) is 0 Å². The van der Waals surface area contributed by atoms with Crippen LogP contribution in [-0.4, -0.2) is 0 Å². The molecule has 1 aromatic heterocycles. The van der Waals surface area contributed by atoms with E-state index in [9.17, 15) is 0 Å². The van der Waals surface area contributed by atoms with E-state index in [1.165, 1.54) is 0 Å². The lowest BCUT2D eigenvalue weighted by molar-refractivity contribution is 0.443. The van der Waals surface area contributed by atoms with Crippen LogP contribution < -0.4 is 0 Å². The summed E-state index contributed by atoms with van der Waals surface area (Å²) in [5.41, 5.74) is 2.13. The topological polar surface area (TPSA) is 26.3 Å². The molecule has 4 heteroatoms. The zero-order valence-corrected chi connectivity index (χ0v) is 7.83. The molecule has 0 saturated carbocycles. The van der Waals surface area contributed by atoms with E-state index >= 15 is 0 Å². The maximum absolute atomic E-state index is 5.84.